The first-order chi connectivity index (χ1) is 15.9. The number of amides is 2. The van der Waals surface area contributed by atoms with Crippen molar-refractivity contribution in [2.24, 2.45) is 0 Å². The first kappa shape index (κ1) is 22.1. The van der Waals surface area contributed by atoms with Gasteiger partial charge in [-0.3, -0.25) is 4.90 Å². The monoisotopic (exact) mass is 452 g/mol. The fourth-order valence-electron chi connectivity index (χ4n) is 5.82. The topological polar surface area (TPSA) is 55.8 Å². The number of aromatic nitrogens is 2. The predicted molar refractivity (Wildman–Crippen MR) is 127 cm³/mol. The van der Waals surface area contributed by atoms with Gasteiger partial charge in [0.15, 0.2) is 5.82 Å². The Morgan fingerprint density at radius 1 is 1.06 bits per heavy atom. The number of hydrogen-bond donors (Lipinski definition) is 0. The number of fused-ring (bicyclic) bond motifs is 2. The van der Waals surface area contributed by atoms with E-state index in [0.29, 0.717) is 12.6 Å². The maximum absolute atomic E-state index is 14.2. The van der Waals surface area contributed by atoms with Crippen LogP contribution in [0.5, 0.6) is 0 Å². The standard InChI is InChI=1S/C25H33FN6O/c1-18-4-7-23(28-27-18)31-12-8-20(9-13-31)30-14-10-25(11-15-30)17-32(24(33)29(2)3)22-6-5-19(26)16-21(22)25/h4-7,16,20H,8-15,17H2,1-3H3. The number of hydrogen-bond acceptors (Lipinski definition) is 5. The van der Waals surface area contributed by atoms with E-state index in [1.165, 1.54) is 6.07 Å². The van der Waals surface area contributed by atoms with Gasteiger partial charge in [-0.1, -0.05) is 0 Å². The van der Waals surface area contributed by atoms with Crippen LogP contribution < -0.4 is 9.80 Å². The Bertz CT molecular complexity index is 1010. The molecule has 0 bridgehead atoms. The number of anilines is 2. The van der Waals surface area contributed by atoms with Gasteiger partial charge in [0, 0.05) is 50.9 Å². The number of halogens is 1. The van der Waals surface area contributed by atoms with Crippen molar-refractivity contribution in [1.29, 1.82) is 0 Å². The van der Waals surface area contributed by atoms with Crippen molar-refractivity contribution < 1.29 is 9.18 Å². The van der Waals surface area contributed by atoms with E-state index < -0.39 is 0 Å². The Hall–Kier alpha value is -2.74. The molecule has 0 N–H and O–H groups in total. The van der Waals surface area contributed by atoms with Crippen molar-refractivity contribution in [2.45, 2.75) is 44.1 Å². The van der Waals surface area contributed by atoms with E-state index in [1.54, 1.807) is 31.1 Å². The maximum atomic E-state index is 14.2. The maximum Gasteiger partial charge on any atom is 0.323 e. The highest BCUT2D eigenvalue weighted by Gasteiger charge is 2.47. The van der Waals surface area contributed by atoms with Gasteiger partial charge in [-0.05, 0) is 81.6 Å². The number of piperidine rings is 2. The average molecular weight is 453 g/mol. The van der Waals surface area contributed by atoms with Gasteiger partial charge in [0.2, 0.25) is 0 Å². The van der Waals surface area contributed by atoms with Crippen LogP contribution in [0.4, 0.5) is 20.7 Å². The van der Waals surface area contributed by atoms with Crippen molar-refractivity contribution in [3.8, 4) is 0 Å². The van der Waals surface area contributed by atoms with Crippen LogP contribution in [-0.4, -0.2) is 78.9 Å². The van der Waals surface area contributed by atoms with E-state index in [-0.39, 0.29) is 17.3 Å². The van der Waals surface area contributed by atoms with Gasteiger partial charge >= 0.3 is 6.03 Å². The van der Waals surface area contributed by atoms with Gasteiger partial charge in [-0.15, -0.1) is 5.10 Å². The molecule has 176 valence electrons. The first-order valence-electron chi connectivity index (χ1n) is 11.9. The quantitative estimate of drug-likeness (QED) is 0.699. The second-order valence-corrected chi connectivity index (χ2v) is 9.99. The zero-order valence-corrected chi connectivity index (χ0v) is 19.8. The minimum absolute atomic E-state index is 0.0336. The van der Waals surface area contributed by atoms with E-state index in [9.17, 15) is 9.18 Å². The van der Waals surface area contributed by atoms with Crippen LogP contribution >= 0.6 is 0 Å². The molecule has 0 saturated carbocycles. The number of urea groups is 1. The molecule has 2 fully saturated rings. The number of aryl methyl sites for hydroxylation is 1. The van der Waals surface area contributed by atoms with Crippen LogP contribution in [0.15, 0.2) is 30.3 Å². The molecule has 3 aliphatic rings. The minimum Gasteiger partial charge on any atom is -0.355 e. The SMILES string of the molecule is Cc1ccc(N2CCC(N3CCC4(CC3)CN(C(=O)N(C)C)c3ccc(F)cc34)CC2)nn1. The molecule has 3 aliphatic heterocycles. The summed E-state index contributed by atoms with van der Waals surface area (Å²) in [5.74, 6) is 0.744. The molecule has 4 heterocycles. The average Bonchev–Trinajstić information content (AvgIpc) is 3.12. The smallest absolute Gasteiger partial charge is 0.323 e. The number of likely N-dealkylation sites (tertiary alicyclic amines) is 1. The zero-order valence-electron chi connectivity index (χ0n) is 19.8. The van der Waals surface area contributed by atoms with E-state index in [0.717, 1.165) is 74.6 Å². The number of carbonyl (C=O) groups excluding carboxylic acids is 1. The summed E-state index contributed by atoms with van der Waals surface area (Å²) in [5.41, 5.74) is 2.66. The third-order valence-corrected chi connectivity index (χ3v) is 7.74. The molecule has 0 radical (unpaired) electrons. The van der Waals surface area contributed by atoms with Crippen molar-refractivity contribution in [3.05, 3.63) is 47.4 Å². The number of rotatable bonds is 2. The minimum atomic E-state index is -0.221. The summed E-state index contributed by atoms with van der Waals surface area (Å²) in [5, 5.41) is 8.54. The lowest BCUT2D eigenvalue weighted by Crippen LogP contribution is -2.52. The Kier molecular flexibility index (Phi) is 5.72. The van der Waals surface area contributed by atoms with Gasteiger partial charge in [-0.2, -0.15) is 5.10 Å². The lowest BCUT2D eigenvalue weighted by Gasteiger charge is -2.45. The lowest BCUT2D eigenvalue weighted by molar-refractivity contribution is 0.104. The van der Waals surface area contributed by atoms with Crippen molar-refractivity contribution in [2.75, 3.05) is 56.6 Å². The highest BCUT2D eigenvalue weighted by atomic mass is 19.1. The lowest BCUT2D eigenvalue weighted by atomic mass is 9.74. The molecule has 1 aromatic heterocycles. The van der Waals surface area contributed by atoms with Crippen LogP contribution in [0.2, 0.25) is 0 Å². The summed E-state index contributed by atoms with van der Waals surface area (Å²) < 4.78 is 14.2. The van der Waals surface area contributed by atoms with Crippen molar-refractivity contribution >= 4 is 17.5 Å². The second-order valence-electron chi connectivity index (χ2n) is 9.99. The molecule has 2 saturated heterocycles. The van der Waals surface area contributed by atoms with E-state index in [4.69, 9.17) is 0 Å². The molecule has 7 nitrogen and oxygen atoms in total. The summed E-state index contributed by atoms with van der Waals surface area (Å²) in [6, 6.07) is 9.51. The molecular formula is C25H33FN6O. The molecule has 0 unspecified atom stereocenters. The molecule has 5 rings (SSSR count). The Labute approximate surface area is 195 Å². The summed E-state index contributed by atoms with van der Waals surface area (Å²) in [6.07, 6.45) is 4.12. The molecular weight excluding hydrogens is 419 g/mol. The highest BCUT2D eigenvalue weighted by Crippen LogP contribution is 2.48. The summed E-state index contributed by atoms with van der Waals surface area (Å²) in [7, 11) is 3.54. The van der Waals surface area contributed by atoms with Gasteiger partial charge in [0.1, 0.15) is 5.82 Å². The Morgan fingerprint density at radius 2 is 1.79 bits per heavy atom. The fourth-order valence-corrected chi connectivity index (χ4v) is 5.82. The molecule has 33 heavy (non-hydrogen) atoms. The normalized spacial score (nSPS) is 20.8. The largest absolute Gasteiger partial charge is 0.355 e. The predicted octanol–water partition coefficient (Wildman–Crippen LogP) is 3.43. The zero-order chi connectivity index (χ0) is 23.2. The first-order valence-corrected chi connectivity index (χ1v) is 11.9. The molecule has 0 atom stereocenters. The number of nitrogens with zero attached hydrogens (tertiary/aromatic N) is 6. The van der Waals surface area contributed by atoms with Crippen LogP contribution in [0.3, 0.4) is 0 Å². The van der Waals surface area contributed by atoms with E-state index in [2.05, 4.69) is 26.1 Å². The highest BCUT2D eigenvalue weighted by molar-refractivity contribution is 5.95. The van der Waals surface area contributed by atoms with Crippen LogP contribution in [0.25, 0.3) is 0 Å². The molecule has 1 spiro atoms. The van der Waals surface area contributed by atoms with Gasteiger partial charge < -0.3 is 14.7 Å². The van der Waals surface area contributed by atoms with Gasteiger partial charge in [0.25, 0.3) is 0 Å². The van der Waals surface area contributed by atoms with E-state index in [1.807, 2.05) is 17.9 Å². The molecule has 2 amide bonds. The molecule has 0 aliphatic carbocycles. The molecule has 2 aromatic rings. The Morgan fingerprint density at radius 3 is 2.42 bits per heavy atom. The summed E-state index contributed by atoms with van der Waals surface area (Å²) in [4.78, 5) is 21.2. The Balaban J connectivity index is 1.25. The van der Waals surface area contributed by atoms with Gasteiger partial charge in [0.05, 0.1) is 5.69 Å². The summed E-state index contributed by atoms with van der Waals surface area (Å²) >= 11 is 0. The van der Waals surface area contributed by atoms with Crippen LogP contribution in [0, 0.1) is 12.7 Å². The number of carbonyl (C=O) groups is 1. The van der Waals surface area contributed by atoms with Crippen molar-refractivity contribution in [1.82, 2.24) is 20.0 Å². The third kappa shape index (κ3) is 4.05. The molecule has 1 aromatic carbocycles. The third-order valence-electron chi connectivity index (χ3n) is 7.74. The second kappa shape index (κ2) is 8.56. The van der Waals surface area contributed by atoms with Crippen LogP contribution in [-0.2, 0) is 5.41 Å². The van der Waals surface area contributed by atoms with Crippen LogP contribution in [0.1, 0.15) is 36.9 Å². The fraction of sp³-hybridized carbons (Fsp3) is 0.560. The van der Waals surface area contributed by atoms with E-state index >= 15 is 0 Å². The molecule has 8 heteroatoms. The van der Waals surface area contributed by atoms with Crippen molar-refractivity contribution in [3.63, 3.8) is 0 Å². The summed E-state index contributed by atoms with van der Waals surface area (Å²) in [6.45, 7) is 6.54. The number of benzene rings is 1. The van der Waals surface area contributed by atoms with Gasteiger partial charge in [-0.25, -0.2) is 9.18 Å².